The molecule has 82 valence electrons. The van der Waals surface area contributed by atoms with Crippen LogP contribution < -0.4 is 11.1 Å². The van der Waals surface area contributed by atoms with E-state index in [1.54, 1.807) is 0 Å². The molecule has 2 rings (SSSR count). The van der Waals surface area contributed by atoms with Crippen LogP contribution in [-0.2, 0) is 0 Å². The minimum absolute atomic E-state index is 0.179. The Kier molecular flexibility index (Phi) is 3.75. The molecule has 15 heavy (non-hydrogen) atoms. The molecule has 0 spiro atoms. The highest BCUT2D eigenvalue weighted by molar-refractivity contribution is 5.18. The first kappa shape index (κ1) is 10.7. The first-order chi connectivity index (χ1) is 7.36. The van der Waals surface area contributed by atoms with Gasteiger partial charge >= 0.3 is 0 Å². The van der Waals surface area contributed by atoms with Crippen LogP contribution >= 0.6 is 0 Å². The summed E-state index contributed by atoms with van der Waals surface area (Å²) >= 11 is 0. The summed E-state index contributed by atoms with van der Waals surface area (Å²) in [5.74, 6) is 0.956. The Balaban J connectivity index is 1.65. The first-order valence-electron chi connectivity index (χ1n) is 5.87. The third kappa shape index (κ3) is 3.65. The molecule has 3 N–H and O–H groups in total. The second-order valence-electron chi connectivity index (χ2n) is 4.45. The zero-order valence-electron chi connectivity index (χ0n) is 9.15. The average Bonchev–Trinajstić information content (AvgIpc) is 3.09. The highest BCUT2D eigenvalue weighted by Gasteiger charge is 2.20. The van der Waals surface area contributed by atoms with E-state index in [1.165, 1.54) is 24.9 Å². The maximum atomic E-state index is 6.09. The molecule has 0 radical (unpaired) electrons. The van der Waals surface area contributed by atoms with Gasteiger partial charge in [0.25, 0.3) is 0 Å². The van der Waals surface area contributed by atoms with Gasteiger partial charge < -0.3 is 11.1 Å². The Morgan fingerprint density at radius 1 is 1.27 bits per heavy atom. The topological polar surface area (TPSA) is 38.0 Å². The van der Waals surface area contributed by atoms with Crippen molar-refractivity contribution in [3.05, 3.63) is 35.9 Å². The van der Waals surface area contributed by atoms with Gasteiger partial charge in [-0.15, -0.1) is 0 Å². The Morgan fingerprint density at radius 2 is 2.00 bits per heavy atom. The summed E-state index contributed by atoms with van der Waals surface area (Å²) in [6.07, 6.45) is 3.85. The molecule has 0 bridgehead atoms. The smallest absolute Gasteiger partial charge is 0.0306 e. The van der Waals surface area contributed by atoms with Crippen molar-refractivity contribution < 1.29 is 0 Å². The number of hydrogen-bond donors (Lipinski definition) is 2. The van der Waals surface area contributed by atoms with E-state index < -0.39 is 0 Å². The predicted molar refractivity (Wildman–Crippen MR) is 63.6 cm³/mol. The molecule has 1 aromatic rings. The highest BCUT2D eigenvalue weighted by atomic mass is 14.9. The first-order valence-corrected chi connectivity index (χ1v) is 5.87. The van der Waals surface area contributed by atoms with Crippen molar-refractivity contribution in [2.45, 2.75) is 25.3 Å². The summed E-state index contributed by atoms with van der Waals surface area (Å²) in [6.45, 7) is 2.22. The molecule has 1 aliphatic carbocycles. The predicted octanol–water partition coefficient (Wildman–Crippen LogP) is 2.08. The molecule has 2 heteroatoms. The van der Waals surface area contributed by atoms with Crippen molar-refractivity contribution in [2.24, 2.45) is 11.7 Å². The van der Waals surface area contributed by atoms with E-state index >= 15 is 0 Å². The van der Waals surface area contributed by atoms with Gasteiger partial charge in [-0.3, -0.25) is 0 Å². The quantitative estimate of drug-likeness (QED) is 0.696. The third-order valence-electron chi connectivity index (χ3n) is 2.99. The van der Waals surface area contributed by atoms with Crippen LogP contribution in [0.25, 0.3) is 0 Å². The van der Waals surface area contributed by atoms with Crippen LogP contribution in [0, 0.1) is 5.92 Å². The molecular formula is C13H20N2. The van der Waals surface area contributed by atoms with Gasteiger partial charge in [-0.05, 0) is 43.8 Å². The number of benzene rings is 1. The second kappa shape index (κ2) is 5.29. The fraction of sp³-hybridized carbons (Fsp3) is 0.538. The van der Waals surface area contributed by atoms with Gasteiger partial charge in [0.15, 0.2) is 0 Å². The zero-order valence-corrected chi connectivity index (χ0v) is 9.15. The van der Waals surface area contributed by atoms with Crippen molar-refractivity contribution in [3.8, 4) is 0 Å². The van der Waals surface area contributed by atoms with Crippen molar-refractivity contribution >= 4 is 0 Å². The summed E-state index contributed by atoms with van der Waals surface area (Å²) in [7, 11) is 0. The molecule has 2 nitrogen and oxygen atoms in total. The lowest BCUT2D eigenvalue weighted by atomic mass is 10.1. The Hall–Kier alpha value is -0.860. The van der Waals surface area contributed by atoms with Gasteiger partial charge in [-0.1, -0.05) is 30.3 Å². The Labute approximate surface area is 91.9 Å². The molecule has 1 atom stereocenters. The summed E-state index contributed by atoms with van der Waals surface area (Å²) < 4.78 is 0. The zero-order chi connectivity index (χ0) is 10.5. The molecule has 1 unspecified atom stereocenters. The van der Waals surface area contributed by atoms with Crippen molar-refractivity contribution in [3.63, 3.8) is 0 Å². The molecule has 0 aliphatic heterocycles. The van der Waals surface area contributed by atoms with Gasteiger partial charge in [0.2, 0.25) is 0 Å². The number of hydrogen-bond acceptors (Lipinski definition) is 2. The van der Waals surface area contributed by atoms with Gasteiger partial charge in [0.05, 0.1) is 0 Å². The standard InChI is InChI=1S/C13H20N2/c14-13(12-4-2-1-3-5-12)8-9-15-10-11-6-7-11/h1-5,11,13,15H,6-10,14H2. The van der Waals surface area contributed by atoms with E-state index in [9.17, 15) is 0 Å². The number of nitrogens with two attached hydrogens (primary N) is 1. The van der Waals surface area contributed by atoms with Crippen LogP contribution in [0.5, 0.6) is 0 Å². The molecule has 0 amide bonds. The van der Waals surface area contributed by atoms with E-state index in [0.717, 1.165) is 18.9 Å². The van der Waals surface area contributed by atoms with Gasteiger partial charge in [0, 0.05) is 6.04 Å². The van der Waals surface area contributed by atoms with Gasteiger partial charge in [-0.2, -0.15) is 0 Å². The fourth-order valence-corrected chi connectivity index (χ4v) is 1.75. The minimum Gasteiger partial charge on any atom is -0.324 e. The summed E-state index contributed by atoms with van der Waals surface area (Å²) in [4.78, 5) is 0. The molecule has 0 saturated heterocycles. The molecule has 1 aromatic carbocycles. The van der Waals surface area contributed by atoms with Gasteiger partial charge in [-0.25, -0.2) is 0 Å². The van der Waals surface area contributed by atoms with Crippen LogP contribution in [0.15, 0.2) is 30.3 Å². The largest absolute Gasteiger partial charge is 0.324 e. The summed E-state index contributed by atoms with van der Waals surface area (Å²) in [5, 5.41) is 3.47. The highest BCUT2D eigenvalue weighted by Crippen LogP contribution is 2.27. The van der Waals surface area contributed by atoms with Crippen LogP contribution in [0.3, 0.4) is 0 Å². The number of nitrogens with one attached hydrogen (secondary N) is 1. The van der Waals surface area contributed by atoms with Crippen LogP contribution in [-0.4, -0.2) is 13.1 Å². The Bertz CT molecular complexity index is 280. The molecular weight excluding hydrogens is 184 g/mol. The van der Waals surface area contributed by atoms with Crippen molar-refractivity contribution in [1.82, 2.24) is 5.32 Å². The van der Waals surface area contributed by atoms with E-state index in [0.29, 0.717) is 0 Å². The second-order valence-corrected chi connectivity index (χ2v) is 4.45. The Morgan fingerprint density at radius 3 is 2.67 bits per heavy atom. The SMILES string of the molecule is NC(CCNCC1CC1)c1ccccc1. The molecule has 1 aliphatic rings. The maximum Gasteiger partial charge on any atom is 0.0306 e. The average molecular weight is 204 g/mol. The molecule has 0 heterocycles. The maximum absolute atomic E-state index is 6.09. The van der Waals surface area contributed by atoms with E-state index in [2.05, 4.69) is 17.4 Å². The van der Waals surface area contributed by atoms with Crippen molar-refractivity contribution in [1.29, 1.82) is 0 Å². The molecule has 1 fully saturated rings. The van der Waals surface area contributed by atoms with E-state index in [4.69, 9.17) is 5.73 Å². The van der Waals surface area contributed by atoms with Crippen LogP contribution in [0.2, 0.25) is 0 Å². The van der Waals surface area contributed by atoms with E-state index in [-0.39, 0.29) is 6.04 Å². The fourth-order valence-electron chi connectivity index (χ4n) is 1.75. The molecule has 0 aromatic heterocycles. The lowest BCUT2D eigenvalue weighted by Gasteiger charge is -2.12. The summed E-state index contributed by atoms with van der Waals surface area (Å²) in [5.41, 5.74) is 7.33. The minimum atomic E-state index is 0.179. The third-order valence-corrected chi connectivity index (χ3v) is 2.99. The summed E-state index contributed by atoms with van der Waals surface area (Å²) in [6, 6.07) is 10.5. The van der Waals surface area contributed by atoms with Crippen LogP contribution in [0.4, 0.5) is 0 Å². The van der Waals surface area contributed by atoms with Crippen LogP contribution in [0.1, 0.15) is 30.9 Å². The van der Waals surface area contributed by atoms with Crippen molar-refractivity contribution in [2.75, 3.05) is 13.1 Å². The normalized spacial score (nSPS) is 17.7. The van der Waals surface area contributed by atoms with Gasteiger partial charge in [0.1, 0.15) is 0 Å². The lowest BCUT2D eigenvalue weighted by molar-refractivity contribution is 0.563. The number of rotatable bonds is 6. The monoisotopic (exact) mass is 204 g/mol. The van der Waals surface area contributed by atoms with E-state index in [1.807, 2.05) is 18.2 Å². The molecule has 1 saturated carbocycles. The lowest BCUT2D eigenvalue weighted by Crippen LogP contribution is -2.22.